The van der Waals surface area contributed by atoms with Crippen LogP contribution in [0, 0.1) is 28.6 Å². The lowest BCUT2D eigenvalue weighted by Gasteiger charge is -2.41. The molecule has 1 unspecified atom stereocenters. The highest BCUT2D eigenvalue weighted by Crippen LogP contribution is 2.43. The van der Waals surface area contributed by atoms with E-state index in [1.807, 2.05) is 72.9 Å². The summed E-state index contributed by atoms with van der Waals surface area (Å²) in [7, 11) is 0. The first kappa shape index (κ1) is 25.9. The van der Waals surface area contributed by atoms with Crippen LogP contribution >= 0.6 is 0 Å². The number of carbonyl (C=O) groups excluding carboxylic acids is 1. The van der Waals surface area contributed by atoms with Crippen molar-refractivity contribution < 1.29 is 4.79 Å². The third kappa shape index (κ3) is 5.31. The largest absolute Gasteiger partial charge is 0.351 e. The quantitative estimate of drug-likeness (QED) is 0.365. The molecule has 2 N–H and O–H groups in total. The van der Waals surface area contributed by atoms with Crippen molar-refractivity contribution in [1.82, 2.24) is 20.2 Å². The number of rotatable bonds is 8. The number of nitriles is 2. The van der Waals surface area contributed by atoms with Gasteiger partial charge in [-0.25, -0.2) is 4.98 Å². The average molecular weight is 515 g/mol. The minimum absolute atomic E-state index is 0.0317. The molecule has 0 aliphatic carbocycles. The van der Waals surface area contributed by atoms with E-state index < -0.39 is 5.41 Å². The van der Waals surface area contributed by atoms with Crippen LogP contribution in [0.1, 0.15) is 46.5 Å². The lowest BCUT2D eigenvalue weighted by atomic mass is 9.65. The van der Waals surface area contributed by atoms with Gasteiger partial charge in [-0.2, -0.15) is 10.5 Å². The van der Waals surface area contributed by atoms with Gasteiger partial charge < -0.3 is 15.2 Å². The molecule has 1 saturated heterocycles. The molecule has 3 aromatic carbocycles. The second kappa shape index (κ2) is 11.8. The van der Waals surface area contributed by atoms with Gasteiger partial charge in [0.2, 0.25) is 5.91 Å². The monoisotopic (exact) mass is 514 g/mol. The van der Waals surface area contributed by atoms with Crippen molar-refractivity contribution in [2.45, 2.75) is 31.3 Å². The van der Waals surface area contributed by atoms with E-state index in [1.165, 1.54) is 0 Å². The summed E-state index contributed by atoms with van der Waals surface area (Å²) >= 11 is 0. The van der Waals surface area contributed by atoms with Crippen LogP contribution in [0.15, 0.2) is 91.3 Å². The van der Waals surface area contributed by atoms with Gasteiger partial charge >= 0.3 is 0 Å². The molecule has 0 saturated carbocycles. The summed E-state index contributed by atoms with van der Waals surface area (Å²) < 4.78 is 2.07. The minimum Gasteiger partial charge on any atom is -0.351 e. The summed E-state index contributed by atoms with van der Waals surface area (Å²) in [6.07, 6.45) is 5.37. The Labute approximate surface area is 228 Å². The summed E-state index contributed by atoms with van der Waals surface area (Å²) in [6.45, 7) is 2.54. The zero-order valence-electron chi connectivity index (χ0n) is 21.7. The van der Waals surface area contributed by atoms with Gasteiger partial charge in [-0.3, -0.25) is 4.79 Å². The maximum atomic E-state index is 14.6. The Morgan fingerprint density at radius 3 is 2.15 bits per heavy atom. The molecule has 0 bridgehead atoms. The van der Waals surface area contributed by atoms with E-state index in [-0.39, 0.29) is 11.8 Å². The molecule has 194 valence electrons. The Balaban J connectivity index is 1.58. The second-order valence-corrected chi connectivity index (χ2v) is 9.88. The Hall–Kier alpha value is -4.72. The summed E-state index contributed by atoms with van der Waals surface area (Å²) in [5.74, 6) is 0.656. The van der Waals surface area contributed by atoms with Crippen LogP contribution in [0.25, 0.3) is 0 Å². The predicted molar refractivity (Wildman–Crippen MR) is 148 cm³/mol. The van der Waals surface area contributed by atoms with E-state index >= 15 is 0 Å². The summed E-state index contributed by atoms with van der Waals surface area (Å²) in [5, 5.41) is 25.0. The average Bonchev–Trinajstić information content (AvgIpc) is 3.46. The number of nitrogens with zero attached hydrogens (tertiary/aromatic N) is 4. The Morgan fingerprint density at radius 1 is 0.923 bits per heavy atom. The Kier molecular flexibility index (Phi) is 7.82. The number of carbonyl (C=O) groups is 1. The second-order valence-electron chi connectivity index (χ2n) is 9.88. The fourth-order valence-electron chi connectivity index (χ4n) is 5.61. The van der Waals surface area contributed by atoms with Gasteiger partial charge in [0.15, 0.2) is 0 Å². The highest BCUT2D eigenvalue weighted by atomic mass is 16.2. The third-order valence-corrected chi connectivity index (χ3v) is 7.58. The summed E-state index contributed by atoms with van der Waals surface area (Å²) in [4.78, 5) is 19.4. The first-order valence-corrected chi connectivity index (χ1v) is 13.2. The number of hydrogen-bond acceptors (Lipinski definition) is 5. The molecule has 1 aliphatic rings. The maximum Gasteiger partial charge on any atom is 0.238 e. The molecule has 5 rings (SSSR count). The van der Waals surface area contributed by atoms with Crippen LogP contribution in [0.2, 0.25) is 0 Å². The number of piperidine rings is 1. The molecule has 0 radical (unpaired) electrons. The molecule has 7 heteroatoms. The Bertz CT molecular complexity index is 1490. The van der Waals surface area contributed by atoms with Gasteiger partial charge in [0.1, 0.15) is 11.2 Å². The van der Waals surface area contributed by atoms with Gasteiger partial charge in [0.05, 0.1) is 23.3 Å². The molecular formula is C32H30N6O. The van der Waals surface area contributed by atoms with Crippen molar-refractivity contribution in [2.24, 2.45) is 5.92 Å². The molecule has 1 aliphatic heterocycles. The van der Waals surface area contributed by atoms with Gasteiger partial charge in [-0.1, -0.05) is 54.6 Å². The molecule has 1 amide bonds. The van der Waals surface area contributed by atoms with E-state index in [4.69, 9.17) is 10.2 Å². The Morgan fingerprint density at radius 2 is 1.54 bits per heavy atom. The van der Waals surface area contributed by atoms with Crippen molar-refractivity contribution >= 4 is 5.91 Å². The van der Waals surface area contributed by atoms with Gasteiger partial charge in [-0.15, -0.1) is 0 Å². The number of benzene rings is 3. The summed E-state index contributed by atoms with van der Waals surface area (Å²) in [6, 6.07) is 29.1. The topological polar surface area (TPSA) is 107 Å². The molecule has 1 atom stereocenters. The van der Waals surface area contributed by atoms with Crippen molar-refractivity contribution in [3.05, 3.63) is 125 Å². The predicted octanol–water partition coefficient (Wildman–Crippen LogP) is 4.28. The van der Waals surface area contributed by atoms with Crippen molar-refractivity contribution in [2.75, 3.05) is 13.1 Å². The molecule has 1 aromatic heterocycles. The highest BCUT2D eigenvalue weighted by Gasteiger charge is 2.51. The molecular weight excluding hydrogens is 484 g/mol. The van der Waals surface area contributed by atoms with E-state index in [0.29, 0.717) is 30.0 Å². The third-order valence-electron chi connectivity index (χ3n) is 7.58. The fourth-order valence-corrected chi connectivity index (χ4v) is 5.61. The number of imidazole rings is 1. The first-order chi connectivity index (χ1) is 19.1. The highest BCUT2D eigenvalue weighted by molar-refractivity contribution is 5.91. The number of amides is 1. The number of nitrogens with one attached hydrogen (secondary N) is 2. The van der Waals surface area contributed by atoms with Crippen molar-refractivity contribution in [3.63, 3.8) is 0 Å². The first-order valence-electron chi connectivity index (χ1n) is 13.2. The standard InChI is InChI=1S/C32H30N6O/c33-20-24-6-10-26(11-7-24)22-37-31(39)32(28-4-2-1-3-5-28,29-14-16-35-17-15-29)30-36-18-19-38(30)23-27-12-8-25(21-34)9-13-27/h1-13,18-19,29,35H,14-17,22-23H2,(H,37,39). The molecule has 0 spiro atoms. The zero-order chi connectivity index (χ0) is 27.1. The van der Waals surface area contributed by atoms with Crippen LogP contribution < -0.4 is 10.6 Å². The molecule has 39 heavy (non-hydrogen) atoms. The van der Waals surface area contributed by atoms with Gasteiger partial charge in [0, 0.05) is 25.5 Å². The van der Waals surface area contributed by atoms with E-state index in [1.54, 1.807) is 18.3 Å². The minimum atomic E-state index is -1.01. The van der Waals surface area contributed by atoms with Crippen LogP contribution in [0.3, 0.4) is 0 Å². The smallest absolute Gasteiger partial charge is 0.238 e. The molecule has 1 fully saturated rings. The van der Waals surface area contributed by atoms with Gasteiger partial charge in [-0.05, 0) is 72.8 Å². The van der Waals surface area contributed by atoms with E-state index in [9.17, 15) is 10.1 Å². The SMILES string of the molecule is N#Cc1ccc(CNC(=O)C(c2ccccc2)(c2nccn2Cc2ccc(C#N)cc2)C2CCNCC2)cc1. The van der Waals surface area contributed by atoms with Crippen LogP contribution in [-0.2, 0) is 23.3 Å². The lowest BCUT2D eigenvalue weighted by molar-refractivity contribution is -0.128. The maximum absolute atomic E-state index is 14.6. The molecule has 2 heterocycles. The van der Waals surface area contributed by atoms with E-state index in [0.717, 1.165) is 42.6 Å². The van der Waals surface area contributed by atoms with Crippen LogP contribution in [-0.4, -0.2) is 28.5 Å². The normalized spacial score (nSPS) is 15.0. The molecule has 7 nitrogen and oxygen atoms in total. The van der Waals surface area contributed by atoms with Crippen molar-refractivity contribution in [3.8, 4) is 12.1 Å². The van der Waals surface area contributed by atoms with Crippen molar-refractivity contribution in [1.29, 1.82) is 10.5 Å². The number of hydrogen-bond donors (Lipinski definition) is 2. The molecule has 4 aromatic rings. The summed E-state index contributed by atoms with van der Waals surface area (Å²) in [5.41, 5.74) is 3.06. The fraction of sp³-hybridized carbons (Fsp3) is 0.250. The van der Waals surface area contributed by atoms with Crippen LogP contribution in [0.4, 0.5) is 0 Å². The van der Waals surface area contributed by atoms with Gasteiger partial charge in [0.25, 0.3) is 0 Å². The number of aromatic nitrogens is 2. The van der Waals surface area contributed by atoms with Crippen LogP contribution in [0.5, 0.6) is 0 Å². The lowest BCUT2D eigenvalue weighted by Crippen LogP contribution is -2.54. The van der Waals surface area contributed by atoms with E-state index in [2.05, 4.69) is 27.3 Å². The zero-order valence-corrected chi connectivity index (χ0v) is 21.7.